The molecule has 17 heavy (non-hydrogen) atoms. The van der Waals surface area contributed by atoms with E-state index >= 15 is 0 Å². The molecule has 3 unspecified atom stereocenters. The van der Waals surface area contributed by atoms with Gasteiger partial charge in [-0.05, 0) is 38.0 Å². The molecule has 3 nitrogen and oxygen atoms in total. The molecule has 1 amide bonds. The fourth-order valence-corrected chi connectivity index (χ4v) is 3.61. The highest BCUT2D eigenvalue weighted by Crippen LogP contribution is 2.28. The van der Waals surface area contributed by atoms with Crippen molar-refractivity contribution in [1.82, 2.24) is 5.32 Å². The Balaban J connectivity index is 1.61. The minimum absolute atomic E-state index is 0.161. The number of alkyl halides is 1. The lowest BCUT2D eigenvalue weighted by Crippen LogP contribution is -2.33. The van der Waals surface area contributed by atoms with Crippen molar-refractivity contribution in [2.24, 2.45) is 5.92 Å². The van der Waals surface area contributed by atoms with Crippen LogP contribution in [-0.2, 0) is 9.53 Å². The van der Waals surface area contributed by atoms with Crippen LogP contribution in [0.25, 0.3) is 0 Å². The normalized spacial score (nSPS) is 33.6. The average molecular weight is 304 g/mol. The largest absolute Gasteiger partial charge is 0.378 e. The van der Waals surface area contributed by atoms with Crippen molar-refractivity contribution in [2.45, 2.75) is 55.9 Å². The zero-order valence-corrected chi connectivity index (χ0v) is 11.9. The number of ether oxygens (including phenoxy) is 1. The summed E-state index contributed by atoms with van der Waals surface area (Å²) in [5.74, 6) is 0.815. The predicted octanol–water partition coefficient (Wildman–Crippen LogP) is 2.63. The highest BCUT2D eigenvalue weighted by Gasteiger charge is 2.22. The van der Waals surface area contributed by atoms with Gasteiger partial charge in [-0.25, -0.2) is 0 Å². The first-order valence-corrected chi connectivity index (χ1v) is 7.68. The summed E-state index contributed by atoms with van der Waals surface area (Å²) in [6, 6.07) is 0. The molecule has 2 aliphatic rings. The van der Waals surface area contributed by atoms with Crippen LogP contribution >= 0.6 is 15.9 Å². The van der Waals surface area contributed by atoms with Gasteiger partial charge in [-0.2, -0.15) is 0 Å². The zero-order valence-electron chi connectivity index (χ0n) is 10.3. The van der Waals surface area contributed by atoms with Gasteiger partial charge in [0.1, 0.15) is 0 Å². The van der Waals surface area contributed by atoms with E-state index in [4.69, 9.17) is 4.74 Å². The first-order valence-electron chi connectivity index (χ1n) is 6.76. The Labute approximate surface area is 112 Å². The van der Waals surface area contributed by atoms with E-state index in [1.54, 1.807) is 0 Å². The maximum absolute atomic E-state index is 11.7. The number of rotatable bonds is 4. The number of hydrogen-bond donors (Lipinski definition) is 1. The Morgan fingerprint density at radius 2 is 2.18 bits per heavy atom. The summed E-state index contributed by atoms with van der Waals surface area (Å²) in [6.07, 6.45) is 7.87. The van der Waals surface area contributed by atoms with E-state index in [2.05, 4.69) is 21.2 Å². The molecule has 1 aliphatic carbocycles. The van der Waals surface area contributed by atoms with Crippen molar-refractivity contribution in [3.05, 3.63) is 0 Å². The average Bonchev–Trinajstić information content (AvgIpc) is 2.79. The van der Waals surface area contributed by atoms with Crippen molar-refractivity contribution in [3.8, 4) is 0 Å². The molecule has 0 aromatic heterocycles. The number of nitrogens with one attached hydrogen (secondary N) is 1. The van der Waals surface area contributed by atoms with Gasteiger partial charge in [-0.3, -0.25) is 4.79 Å². The van der Waals surface area contributed by atoms with Crippen molar-refractivity contribution >= 4 is 21.8 Å². The van der Waals surface area contributed by atoms with E-state index < -0.39 is 0 Å². The molecule has 0 spiro atoms. The Morgan fingerprint density at radius 1 is 1.29 bits per heavy atom. The molecule has 2 rings (SSSR count). The molecule has 0 bridgehead atoms. The van der Waals surface area contributed by atoms with E-state index in [1.165, 1.54) is 25.7 Å². The molecular formula is C13H22BrNO2. The van der Waals surface area contributed by atoms with E-state index in [1.807, 2.05) is 0 Å². The van der Waals surface area contributed by atoms with Crippen LogP contribution in [0.4, 0.5) is 0 Å². The second-order valence-corrected chi connectivity index (χ2v) is 6.57. The second kappa shape index (κ2) is 6.74. The molecule has 0 aromatic carbocycles. The monoisotopic (exact) mass is 303 g/mol. The van der Waals surface area contributed by atoms with Gasteiger partial charge >= 0.3 is 0 Å². The van der Waals surface area contributed by atoms with Crippen LogP contribution in [0.2, 0.25) is 0 Å². The van der Waals surface area contributed by atoms with Crippen molar-refractivity contribution < 1.29 is 9.53 Å². The van der Waals surface area contributed by atoms with Crippen molar-refractivity contribution in [3.63, 3.8) is 0 Å². The summed E-state index contributed by atoms with van der Waals surface area (Å²) in [7, 11) is 0. The molecule has 1 N–H and O–H groups in total. The Kier molecular flexibility index (Phi) is 5.29. The quantitative estimate of drug-likeness (QED) is 0.811. The highest BCUT2D eigenvalue weighted by atomic mass is 79.9. The topological polar surface area (TPSA) is 38.3 Å². The van der Waals surface area contributed by atoms with E-state index in [-0.39, 0.29) is 12.0 Å². The van der Waals surface area contributed by atoms with Crippen LogP contribution in [0.1, 0.15) is 44.9 Å². The minimum Gasteiger partial charge on any atom is -0.378 e. The summed E-state index contributed by atoms with van der Waals surface area (Å²) in [5.41, 5.74) is 0. The molecule has 0 radical (unpaired) electrons. The van der Waals surface area contributed by atoms with Crippen LogP contribution in [0.3, 0.4) is 0 Å². The maximum atomic E-state index is 11.7. The molecular weight excluding hydrogens is 282 g/mol. The summed E-state index contributed by atoms with van der Waals surface area (Å²) in [5, 5.41) is 3.06. The third-order valence-electron chi connectivity index (χ3n) is 3.74. The van der Waals surface area contributed by atoms with E-state index in [0.29, 0.717) is 17.2 Å². The smallest absolute Gasteiger partial charge is 0.222 e. The summed E-state index contributed by atoms with van der Waals surface area (Å²) >= 11 is 3.67. The molecule has 0 aromatic rings. The van der Waals surface area contributed by atoms with Crippen molar-refractivity contribution in [2.75, 3.05) is 13.2 Å². The number of halogens is 1. The number of carbonyl (C=O) groups is 1. The first-order chi connectivity index (χ1) is 8.24. The van der Waals surface area contributed by atoms with Crippen LogP contribution in [0.15, 0.2) is 0 Å². The van der Waals surface area contributed by atoms with Crippen LogP contribution < -0.4 is 5.32 Å². The maximum Gasteiger partial charge on any atom is 0.222 e. The Hall–Kier alpha value is -0.0900. The molecule has 1 aliphatic heterocycles. The third kappa shape index (κ3) is 4.59. The summed E-state index contributed by atoms with van der Waals surface area (Å²) < 4.78 is 5.46. The van der Waals surface area contributed by atoms with Gasteiger partial charge in [0.2, 0.25) is 5.91 Å². The van der Waals surface area contributed by atoms with Gasteiger partial charge < -0.3 is 10.1 Å². The number of hydrogen-bond acceptors (Lipinski definition) is 2. The van der Waals surface area contributed by atoms with Gasteiger partial charge in [0.25, 0.3) is 0 Å². The standard InChI is InChI=1S/C13H22BrNO2/c14-11-4-1-3-10(7-11)9-15-13(16)8-12-5-2-6-17-12/h10-12H,1-9H2,(H,15,16). The van der Waals surface area contributed by atoms with Crippen LogP contribution in [0, 0.1) is 5.92 Å². The molecule has 4 heteroatoms. The second-order valence-electron chi connectivity index (χ2n) is 5.27. The molecule has 98 valence electrons. The first kappa shape index (κ1) is 13.3. The SMILES string of the molecule is O=C(CC1CCCO1)NCC1CCCC(Br)C1. The molecule has 1 heterocycles. The van der Waals surface area contributed by atoms with Gasteiger partial charge in [0.15, 0.2) is 0 Å². The number of carbonyl (C=O) groups excluding carboxylic acids is 1. The number of amides is 1. The predicted molar refractivity (Wildman–Crippen MR) is 71.3 cm³/mol. The van der Waals surface area contributed by atoms with Gasteiger partial charge in [0.05, 0.1) is 12.5 Å². The lowest BCUT2D eigenvalue weighted by atomic mass is 9.89. The molecule has 2 fully saturated rings. The van der Waals surface area contributed by atoms with Gasteiger partial charge in [-0.1, -0.05) is 22.4 Å². The Morgan fingerprint density at radius 3 is 2.88 bits per heavy atom. The zero-order chi connectivity index (χ0) is 12.1. The molecule has 1 saturated heterocycles. The fourth-order valence-electron chi connectivity index (χ4n) is 2.75. The van der Waals surface area contributed by atoms with E-state index in [0.717, 1.165) is 26.0 Å². The molecule has 1 saturated carbocycles. The highest BCUT2D eigenvalue weighted by molar-refractivity contribution is 9.09. The third-order valence-corrected chi connectivity index (χ3v) is 4.58. The fraction of sp³-hybridized carbons (Fsp3) is 0.923. The lowest BCUT2D eigenvalue weighted by molar-refractivity contribution is -0.123. The minimum atomic E-state index is 0.161. The van der Waals surface area contributed by atoms with E-state index in [9.17, 15) is 4.79 Å². The lowest BCUT2D eigenvalue weighted by Gasteiger charge is -2.25. The van der Waals surface area contributed by atoms with Gasteiger partial charge in [-0.15, -0.1) is 0 Å². The Bertz CT molecular complexity index is 254. The summed E-state index contributed by atoms with van der Waals surface area (Å²) in [6.45, 7) is 1.67. The van der Waals surface area contributed by atoms with Gasteiger partial charge in [0, 0.05) is 18.0 Å². The van der Waals surface area contributed by atoms with Crippen molar-refractivity contribution in [1.29, 1.82) is 0 Å². The molecule has 3 atom stereocenters. The van der Waals surface area contributed by atoms with Crippen LogP contribution in [0.5, 0.6) is 0 Å². The summed E-state index contributed by atoms with van der Waals surface area (Å²) in [4.78, 5) is 12.4. The van der Waals surface area contributed by atoms with Crippen LogP contribution in [-0.4, -0.2) is 30.0 Å².